The van der Waals surface area contributed by atoms with Gasteiger partial charge in [0, 0.05) is 43.1 Å². The van der Waals surface area contributed by atoms with E-state index in [1.54, 1.807) is 6.33 Å². The highest BCUT2D eigenvalue weighted by Crippen LogP contribution is 2.29. The molecule has 1 N–H and O–H groups in total. The molecule has 4 heteroatoms. The van der Waals surface area contributed by atoms with Gasteiger partial charge in [0.25, 0.3) is 0 Å². The Hall–Kier alpha value is -1.00. The average Bonchev–Trinajstić information content (AvgIpc) is 2.54. The zero-order valence-electron chi connectivity index (χ0n) is 9.47. The predicted octanol–water partition coefficient (Wildman–Crippen LogP) is 0.803. The van der Waals surface area contributed by atoms with Gasteiger partial charge < -0.3 is 5.32 Å². The second-order valence-corrected chi connectivity index (χ2v) is 4.80. The van der Waals surface area contributed by atoms with Gasteiger partial charge in [-0.05, 0) is 25.8 Å². The second kappa shape index (κ2) is 4.47. The fourth-order valence-electron chi connectivity index (χ4n) is 2.96. The van der Waals surface area contributed by atoms with Crippen molar-refractivity contribution < 1.29 is 0 Å². The zero-order chi connectivity index (χ0) is 10.8. The normalized spacial score (nSPS) is 30.2. The molecule has 2 atom stereocenters. The van der Waals surface area contributed by atoms with Crippen molar-refractivity contribution in [2.75, 3.05) is 13.1 Å². The summed E-state index contributed by atoms with van der Waals surface area (Å²) in [7, 11) is 0. The largest absolute Gasteiger partial charge is 0.315 e. The van der Waals surface area contributed by atoms with Gasteiger partial charge in [-0.25, -0.2) is 9.97 Å². The Labute approximate surface area is 96.1 Å². The van der Waals surface area contributed by atoms with Crippen LogP contribution in [-0.2, 0) is 6.54 Å². The van der Waals surface area contributed by atoms with Crippen molar-refractivity contribution in [1.82, 2.24) is 20.2 Å². The molecule has 0 unspecified atom stereocenters. The first-order valence-electron chi connectivity index (χ1n) is 6.14. The van der Waals surface area contributed by atoms with Crippen molar-refractivity contribution in [1.29, 1.82) is 0 Å². The van der Waals surface area contributed by atoms with E-state index in [1.165, 1.54) is 31.4 Å². The Balaban J connectivity index is 1.74. The van der Waals surface area contributed by atoms with Gasteiger partial charge in [0.1, 0.15) is 6.33 Å². The fourth-order valence-corrected chi connectivity index (χ4v) is 2.96. The monoisotopic (exact) mass is 218 g/mol. The summed E-state index contributed by atoms with van der Waals surface area (Å²) in [5.41, 5.74) is 1.24. The van der Waals surface area contributed by atoms with Crippen molar-refractivity contribution in [3.05, 3.63) is 24.3 Å². The van der Waals surface area contributed by atoms with Crippen LogP contribution in [0.5, 0.6) is 0 Å². The third-order valence-electron chi connectivity index (χ3n) is 3.78. The van der Waals surface area contributed by atoms with Gasteiger partial charge in [0.2, 0.25) is 0 Å². The van der Waals surface area contributed by atoms with Gasteiger partial charge in [-0.1, -0.05) is 0 Å². The van der Waals surface area contributed by atoms with Crippen LogP contribution in [0.1, 0.15) is 24.8 Å². The molecule has 0 saturated carbocycles. The molecular weight excluding hydrogens is 200 g/mol. The maximum atomic E-state index is 4.09. The Morgan fingerprint density at radius 3 is 2.88 bits per heavy atom. The van der Waals surface area contributed by atoms with Crippen LogP contribution in [0.25, 0.3) is 0 Å². The maximum Gasteiger partial charge on any atom is 0.115 e. The van der Waals surface area contributed by atoms with E-state index in [2.05, 4.69) is 20.2 Å². The van der Waals surface area contributed by atoms with E-state index >= 15 is 0 Å². The molecule has 3 heterocycles. The summed E-state index contributed by atoms with van der Waals surface area (Å²) in [5.74, 6) is 0. The van der Waals surface area contributed by atoms with Gasteiger partial charge in [-0.3, -0.25) is 4.90 Å². The third kappa shape index (κ3) is 1.95. The number of nitrogens with zero attached hydrogens (tertiary/aromatic N) is 3. The first-order valence-corrected chi connectivity index (χ1v) is 6.14. The van der Waals surface area contributed by atoms with Crippen molar-refractivity contribution in [2.45, 2.75) is 37.9 Å². The zero-order valence-corrected chi connectivity index (χ0v) is 9.47. The average molecular weight is 218 g/mol. The van der Waals surface area contributed by atoms with E-state index in [-0.39, 0.29) is 0 Å². The van der Waals surface area contributed by atoms with Crippen molar-refractivity contribution in [3.8, 4) is 0 Å². The highest BCUT2D eigenvalue weighted by molar-refractivity contribution is 5.05. The molecule has 2 aliphatic heterocycles. The molecule has 4 nitrogen and oxygen atoms in total. The number of hydrogen-bond donors (Lipinski definition) is 1. The van der Waals surface area contributed by atoms with E-state index in [0.29, 0.717) is 6.04 Å². The quantitative estimate of drug-likeness (QED) is 0.797. The lowest BCUT2D eigenvalue weighted by Gasteiger charge is -2.27. The first kappa shape index (κ1) is 10.2. The summed E-state index contributed by atoms with van der Waals surface area (Å²) >= 11 is 0. The molecule has 2 fully saturated rings. The van der Waals surface area contributed by atoms with Gasteiger partial charge in [-0.15, -0.1) is 0 Å². The molecule has 0 aliphatic carbocycles. The first-order chi connectivity index (χ1) is 7.93. The molecule has 86 valence electrons. The fraction of sp³-hybridized carbons (Fsp3) is 0.667. The Kier molecular flexibility index (Phi) is 2.84. The number of aromatic nitrogens is 2. The van der Waals surface area contributed by atoms with Gasteiger partial charge in [0.05, 0.1) is 0 Å². The third-order valence-corrected chi connectivity index (χ3v) is 3.78. The van der Waals surface area contributed by atoms with Crippen molar-refractivity contribution >= 4 is 0 Å². The lowest BCUT2D eigenvalue weighted by atomic mass is 10.1. The van der Waals surface area contributed by atoms with Crippen LogP contribution >= 0.6 is 0 Å². The van der Waals surface area contributed by atoms with Crippen LogP contribution in [0.15, 0.2) is 18.7 Å². The molecule has 0 amide bonds. The lowest BCUT2D eigenvalue weighted by molar-refractivity contribution is 0.193. The smallest absolute Gasteiger partial charge is 0.115 e. The Bertz CT molecular complexity index is 326. The number of rotatable bonds is 2. The minimum absolute atomic E-state index is 0.715. The summed E-state index contributed by atoms with van der Waals surface area (Å²) in [6, 6.07) is 1.48. The summed E-state index contributed by atoms with van der Waals surface area (Å²) in [6.07, 6.45) is 9.45. The van der Waals surface area contributed by atoms with Crippen LogP contribution in [-0.4, -0.2) is 40.0 Å². The molecule has 2 aliphatic rings. The van der Waals surface area contributed by atoms with E-state index in [1.807, 2.05) is 12.4 Å². The van der Waals surface area contributed by atoms with Gasteiger partial charge >= 0.3 is 0 Å². The van der Waals surface area contributed by atoms with E-state index in [9.17, 15) is 0 Å². The molecule has 1 aromatic heterocycles. The highest BCUT2D eigenvalue weighted by atomic mass is 15.2. The van der Waals surface area contributed by atoms with Gasteiger partial charge in [0.15, 0.2) is 0 Å². The van der Waals surface area contributed by atoms with Crippen LogP contribution in [0.2, 0.25) is 0 Å². The molecule has 1 aromatic rings. The minimum atomic E-state index is 0.715. The standard InChI is InChI=1S/C12H18N4/c1-2-12-7-13-4-3-11(1)16(12)8-10-5-14-9-15-6-10/h5-6,9,11-13H,1-4,7-8H2/t11-,12+/m1/s1. The minimum Gasteiger partial charge on any atom is -0.315 e. The highest BCUT2D eigenvalue weighted by Gasteiger charge is 2.34. The number of hydrogen-bond acceptors (Lipinski definition) is 4. The molecule has 2 saturated heterocycles. The van der Waals surface area contributed by atoms with E-state index in [4.69, 9.17) is 0 Å². The number of fused-ring (bicyclic) bond motifs is 2. The molecule has 0 radical (unpaired) electrons. The molecule has 2 bridgehead atoms. The lowest BCUT2D eigenvalue weighted by Crippen LogP contribution is -2.37. The van der Waals surface area contributed by atoms with Crippen LogP contribution in [0.3, 0.4) is 0 Å². The number of nitrogens with one attached hydrogen (secondary N) is 1. The molecule has 16 heavy (non-hydrogen) atoms. The summed E-state index contributed by atoms with van der Waals surface area (Å²) in [4.78, 5) is 10.8. The Morgan fingerprint density at radius 2 is 2.00 bits per heavy atom. The maximum absolute atomic E-state index is 4.09. The van der Waals surface area contributed by atoms with Gasteiger partial charge in [-0.2, -0.15) is 0 Å². The topological polar surface area (TPSA) is 41.1 Å². The molecule has 0 spiro atoms. The summed E-state index contributed by atoms with van der Waals surface area (Å²) < 4.78 is 0. The molecular formula is C12H18N4. The van der Waals surface area contributed by atoms with Crippen LogP contribution in [0, 0.1) is 0 Å². The predicted molar refractivity (Wildman–Crippen MR) is 61.9 cm³/mol. The van der Waals surface area contributed by atoms with Crippen molar-refractivity contribution in [3.63, 3.8) is 0 Å². The SMILES string of the molecule is c1ncc(CN2[C@H]3CCNC[C@@H]2CC3)cn1. The van der Waals surface area contributed by atoms with E-state index in [0.717, 1.165) is 19.1 Å². The summed E-state index contributed by atoms with van der Waals surface area (Å²) in [5, 5.41) is 3.52. The van der Waals surface area contributed by atoms with Crippen LogP contribution < -0.4 is 5.32 Å². The molecule has 3 rings (SSSR count). The van der Waals surface area contributed by atoms with Crippen molar-refractivity contribution in [2.24, 2.45) is 0 Å². The second-order valence-electron chi connectivity index (χ2n) is 4.80. The summed E-state index contributed by atoms with van der Waals surface area (Å²) in [6.45, 7) is 3.32. The van der Waals surface area contributed by atoms with Crippen LogP contribution in [0.4, 0.5) is 0 Å². The molecule has 0 aromatic carbocycles. The Morgan fingerprint density at radius 1 is 1.19 bits per heavy atom. The van der Waals surface area contributed by atoms with E-state index < -0.39 is 0 Å².